The summed E-state index contributed by atoms with van der Waals surface area (Å²) in [6.45, 7) is 2.25. The van der Waals surface area contributed by atoms with Crippen LogP contribution in [0.2, 0.25) is 0 Å². The molecule has 0 aromatic heterocycles. The van der Waals surface area contributed by atoms with E-state index in [0.29, 0.717) is 0 Å². The molecule has 1 fully saturated rings. The van der Waals surface area contributed by atoms with Crippen LogP contribution in [0.25, 0.3) is 10.4 Å². The largest absolute Gasteiger partial charge is 0.0873 e. The van der Waals surface area contributed by atoms with Gasteiger partial charge in [-0.2, -0.15) is 0 Å². The van der Waals surface area contributed by atoms with E-state index >= 15 is 0 Å². The van der Waals surface area contributed by atoms with Crippen molar-refractivity contribution >= 4 is 0 Å². The van der Waals surface area contributed by atoms with Crippen LogP contribution in [-0.4, -0.2) is 5.54 Å². The minimum absolute atomic E-state index is 0.0161. The first-order valence-electron chi connectivity index (χ1n) is 7.39. The first kappa shape index (κ1) is 14.4. The Labute approximate surface area is 106 Å². The number of unbranched alkanes of at least 4 members (excludes halogenated alkanes) is 5. The molecule has 1 saturated carbocycles. The fraction of sp³-hybridized carbons (Fsp3) is 1.00. The molecule has 3 heteroatoms. The minimum Gasteiger partial charge on any atom is -0.0873 e. The molecule has 1 aliphatic rings. The average Bonchev–Trinajstić information content (AvgIpc) is 2.35. The Hall–Kier alpha value is -0.690. The Morgan fingerprint density at radius 3 is 2.29 bits per heavy atom. The molecule has 1 rings (SSSR count). The summed E-state index contributed by atoms with van der Waals surface area (Å²) in [4.78, 5) is 3.08. The highest BCUT2D eigenvalue weighted by Crippen LogP contribution is 2.36. The van der Waals surface area contributed by atoms with E-state index in [2.05, 4.69) is 16.9 Å². The lowest BCUT2D eigenvalue weighted by Gasteiger charge is -2.32. The van der Waals surface area contributed by atoms with Crippen LogP contribution >= 0.6 is 0 Å². The molecule has 0 unspecified atom stereocenters. The topological polar surface area (TPSA) is 48.8 Å². The van der Waals surface area contributed by atoms with Crippen molar-refractivity contribution in [3.8, 4) is 0 Å². The Morgan fingerprint density at radius 2 is 1.65 bits per heavy atom. The fourth-order valence-electron chi connectivity index (χ4n) is 2.94. The van der Waals surface area contributed by atoms with Crippen LogP contribution in [0.1, 0.15) is 84.0 Å². The highest BCUT2D eigenvalue weighted by atomic mass is 15.2. The van der Waals surface area contributed by atoms with Crippen molar-refractivity contribution in [2.75, 3.05) is 0 Å². The first-order chi connectivity index (χ1) is 8.33. The molecule has 0 aromatic carbocycles. The zero-order valence-corrected chi connectivity index (χ0v) is 11.3. The predicted molar refractivity (Wildman–Crippen MR) is 73.0 cm³/mol. The standard InChI is InChI=1S/C14H27N3/c1-2-3-4-5-6-8-11-14(16-17-15)12-9-7-10-13-14/h2-13H2,1H3. The van der Waals surface area contributed by atoms with Crippen molar-refractivity contribution in [1.29, 1.82) is 0 Å². The highest BCUT2D eigenvalue weighted by molar-refractivity contribution is 4.90. The van der Waals surface area contributed by atoms with Gasteiger partial charge in [-0.1, -0.05) is 69.8 Å². The van der Waals surface area contributed by atoms with Crippen LogP contribution in [0.3, 0.4) is 0 Å². The van der Waals surface area contributed by atoms with Gasteiger partial charge in [0.25, 0.3) is 0 Å². The van der Waals surface area contributed by atoms with Crippen LogP contribution in [0.15, 0.2) is 5.11 Å². The first-order valence-corrected chi connectivity index (χ1v) is 7.39. The van der Waals surface area contributed by atoms with E-state index in [4.69, 9.17) is 5.53 Å². The summed E-state index contributed by atoms with van der Waals surface area (Å²) in [5, 5.41) is 4.13. The summed E-state index contributed by atoms with van der Waals surface area (Å²) in [7, 11) is 0. The Kier molecular flexibility index (Phi) is 7.11. The predicted octanol–water partition coefficient (Wildman–Crippen LogP) is 5.75. The molecule has 0 bridgehead atoms. The maximum atomic E-state index is 8.71. The number of hydrogen-bond acceptors (Lipinski definition) is 1. The summed E-state index contributed by atoms with van der Waals surface area (Å²) < 4.78 is 0. The molecule has 0 aliphatic heterocycles. The van der Waals surface area contributed by atoms with Crippen LogP contribution in [-0.2, 0) is 0 Å². The molecule has 0 atom stereocenters. The molecule has 0 N–H and O–H groups in total. The second-order valence-corrected chi connectivity index (χ2v) is 5.49. The van der Waals surface area contributed by atoms with Gasteiger partial charge in [-0.05, 0) is 24.8 Å². The van der Waals surface area contributed by atoms with Gasteiger partial charge in [0.15, 0.2) is 0 Å². The van der Waals surface area contributed by atoms with Gasteiger partial charge in [0, 0.05) is 10.5 Å². The molecule has 0 aromatic rings. The molecule has 0 saturated heterocycles. The lowest BCUT2D eigenvalue weighted by Crippen LogP contribution is -2.28. The average molecular weight is 237 g/mol. The number of azide groups is 1. The second-order valence-electron chi connectivity index (χ2n) is 5.49. The molecule has 17 heavy (non-hydrogen) atoms. The summed E-state index contributed by atoms with van der Waals surface area (Å²) in [6.07, 6.45) is 15.1. The lowest BCUT2D eigenvalue weighted by molar-refractivity contribution is 0.269. The maximum Gasteiger partial charge on any atom is 0.0488 e. The monoisotopic (exact) mass is 237 g/mol. The summed E-state index contributed by atoms with van der Waals surface area (Å²) in [5.74, 6) is 0. The zero-order valence-electron chi connectivity index (χ0n) is 11.3. The summed E-state index contributed by atoms with van der Waals surface area (Å²) in [5.41, 5.74) is 8.70. The zero-order chi connectivity index (χ0) is 12.4. The van der Waals surface area contributed by atoms with Crippen LogP contribution < -0.4 is 0 Å². The number of nitrogens with zero attached hydrogens (tertiary/aromatic N) is 3. The van der Waals surface area contributed by atoms with E-state index < -0.39 is 0 Å². The van der Waals surface area contributed by atoms with E-state index in [1.807, 2.05) is 0 Å². The van der Waals surface area contributed by atoms with Gasteiger partial charge in [-0.25, -0.2) is 0 Å². The molecular weight excluding hydrogens is 210 g/mol. The maximum absolute atomic E-state index is 8.71. The molecule has 98 valence electrons. The third-order valence-electron chi connectivity index (χ3n) is 4.04. The Bertz CT molecular complexity index is 238. The van der Waals surface area contributed by atoms with Crippen molar-refractivity contribution in [2.45, 2.75) is 89.5 Å². The molecule has 0 heterocycles. The van der Waals surface area contributed by atoms with Gasteiger partial charge in [0.2, 0.25) is 0 Å². The molecule has 0 spiro atoms. The Balaban J connectivity index is 2.22. The van der Waals surface area contributed by atoms with E-state index in [0.717, 1.165) is 19.3 Å². The van der Waals surface area contributed by atoms with Gasteiger partial charge < -0.3 is 0 Å². The molecule has 1 aliphatic carbocycles. The van der Waals surface area contributed by atoms with Gasteiger partial charge >= 0.3 is 0 Å². The van der Waals surface area contributed by atoms with Crippen molar-refractivity contribution in [1.82, 2.24) is 0 Å². The van der Waals surface area contributed by atoms with Crippen molar-refractivity contribution in [2.24, 2.45) is 5.11 Å². The quantitative estimate of drug-likeness (QED) is 0.223. The summed E-state index contributed by atoms with van der Waals surface area (Å²) >= 11 is 0. The second kappa shape index (κ2) is 8.41. The highest BCUT2D eigenvalue weighted by Gasteiger charge is 2.30. The van der Waals surface area contributed by atoms with Crippen molar-refractivity contribution in [3.05, 3.63) is 10.4 Å². The third-order valence-corrected chi connectivity index (χ3v) is 4.04. The SMILES string of the molecule is CCCCCCCCC1(N=[N+]=[N-])CCCCC1. The van der Waals surface area contributed by atoms with E-state index in [9.17, 15) is 0 Å². The smallest absolute Gasteiger partial charge is 0.0488 e. The van der Waals surface area contributed by atoms with Crippen LogP contribution in [0.4, 0.5) is 0 Å². The van der Waals surface area contributed by atoms with Gasteiger partial charge in [-0.3, -0.25) is 0 Å². The third kappa shape index (κ3) is 5.45. The fourth-order valence-corrected chi connectivity index (χ4v) is 2.94. The van der Waals surface area contributed by atoms with E-state index in [-0.39, 0.29) is 5.54 Å². The van der Waals surface area contributed by atoms with Crippen molar-refractivity contribution < 1.29 is 0 Å². The van der Waals surface area contributed by atoms with Gasteiger partial charge in [0.1, 0.15) is 0 Å². The molecule has 0 amide bonds. The Morgan fingerprint density at radius 1 is 1.00 bits per heavy atom. The number of rotatable bonds is 8. The van der Waals surface area contributed by atoms with Crippen molar-refractivity contribution in [3.63, 3.8) is 0 Å². The molecule has 0 radical (unpaired) electrons. The van der Waals surface area contributed by atoms with Gasteiger partial charge in [0.05, 0.1) is 0 Å². The number of hydrogen-bond donors (Lipinski definition) is 0. The summed E-state index contributed by atoms with van der Waals surface area (Å²) in [6, 6.07) is 0. The van der Waals surface area contributed by atoms with Crippen LogP contribution in [0.5, 0.6) is 0 Å². The van der Waals surface area contributed by atoms with Gasteiger partial charge in [-0.15, -0.1) is 0 Å². The minimum atomic E-state index is -0.0161. The normalized spacial score (nSPS) is 18.6. The van der Waals surface area contributed by atoms with E-state index in [1.165, 1.54) is 57.8 Å². The molecule has 3 nitrogen and oxygen atoms in total. The molecular formula is C14H27N3. The van der Waals surface area contributed by atoms with Crippen LogP contribution in [0, 0.1) is 0 Å². The lowest BCUT2D eigenvalue weighted by atomic mass is 9.79. The van der Waals surface area contributed by atoms with E-state index in [1.54, 1.807) is 0 Å².